The molecule has 7 rings (SSSR count). The van der Waals surface area contributed by atoms with Crippen LogP contribution in [-0.2, 0) is 23.6 Å². The molecule has 9 nitrogen and oxygen atoms in total. The van der Waals surface area contributed by atoms with Crippen molar-refractivity contribution in [1.29, 1.82) is 0 Å². The van der Waals surface area contributed by atoms with Crippen LogP contribution in [0.5, 0.6) is 11.5 Å². The highest BCUT2D eigenvalue weighted by Gasteiger charge is 2.43. The SMILES string of the molecule is Cc1nc(CN2CCC(c3cccc4c3O[C@@](C)(c3ccc(Cl)cc3F)O4)CC2)n(C[C@@H]2CCO2)c1-c1ccc(C(=O)O)o1. The third kappa shape index (κ3) is 5.25. The van der Waals surface area contributed by atoms with Gasteiger partial charge in [0.2, 0.25) is 5.76 Å². The van der Waals surface area contributed by atoms with Gasteiger partial charge >= 0.3 is 5.97 Å². The van der Waals surface area contributed by atoms with Gasteiger partial charge in [-0.3, -0.25) is 4.90 Å². The normalized spacial score (nSPS) is 21.9. The van der Waals surface area contributed by atoms with Gasteiger partial charge in [-0.2, -0.15) is 0 Å². The second-order valence-electron chi connectivity index (χ2n) is 11.8. The lowest BCUT2D eigenvalue weighted by atomic mass is 9.88. The molecule has 2 aromatic carbocycles. The molecule has 1 N–H and O–H groups in total. The van der Waals surface area contributed by atoms with Crippen LogP contribution in [0, 0.1) is 12.7 Å². The molecule has 3 aliphatic heterocycles. The van der Waals surface area contributed by atoms with E-state index in [1.807, 2.05) is 19.1 Å². The van der Waals surface area contributed by atoms with Crippen LogP contribution in [-0.4, -0.2) is 51.3 Å². The predicted molar refractivity (Wildman–Crippen MR) is 160 cm³/mol. The Morgan fingerprint density at radius 3 is 2.61 bits per heavy atom. The van der Waals surface area contributed by atoms with Crippen LogP contribution in [0.2, 0.25) is 5.02 Å². The van der Waals surface area contributed by atoms with E-state index in [0.717, 1.165) is 61.7 Å². The summed E-state index contributed by atoms with van der Waals surface area (Å²) in [6, 6.07) is 13.6. The second kappa shape index (κ2) is 11.3. The topological polar surface area (TPSA) is 99.2 Å². The molecular weight excluding hydrogens is 589 g/mol. The lowest BCUT2D eigenvalue weighted by Gasteiger charge is -2.33. The molecule has 0 spiro atoms. The summed E-state index contributed by atoms with van der Waals surface area (Å²) < 4.78 is 40.9. The van der Waals surface area contributed by atoms with Gasteiger partial charge in [0.25, 0.3) is 5.79 Å². The number of aromatic carboxylic acids is 1. The van der Waals surface area contributed by atoms with E-state index in [4.69, 9.17) is 35.2 Å². The van der Waals surface area contributed by atoms with Gasteiger partial charge in [0.15, 0.2) is 17.3 Å². The van der Waals surface area contributed by atoms with Crippen LogP contribution < -0.4 is 9.47 Å². The fourth-order valence-electron chi connectivity index (χ4n) is 6.51. The van der Waals surface area contributed by atoms with E-state index >= 15 is 0 Å². The van der Waals surface area contributed by atoms with Crippen molar-refractivity contribution in [2.24, 2.45) is 0 Å². The Balaban J connectivity index is 1.08. The summed E-state index contributed by atoms with van der Waals surface area (Å²) in [5, 5.41) is 9.69. The Morgan fingerprint density at radius 1 is 1.14 bits per heavy atom. The number of imidazole rings is 1. The number of aromatic nitrogens is 2. The smallest absolute Gasteiger partial charge is 0.371 e. The van der Waals surface area contributed by atoms with Crippen molar-refractivity contribution in [3.63, 3.8) is 0 Å². The maximum absolute atomic E-state index is 14.8. The molecule has 4 aromatic rings. The number of para-hydroxylation sites is 1. The minimum Gasteiger partial charge on any atom is -0.475 e. The van der Waals surface area contributed by atoms with E-state index in [0.29, 0.717) is 40.9 Å². The van der Waals surface area contributed by atoms with Crippen molar-refractivity contribution < 1.29 is 32.9 Å². The van der Waals surface area contributed by atoms with Gasteiger partial charge in [0, 0.05) is 24.1 Å². The Labute approximate surface area is 259 Å². The number of benzene rings is 2. The molecule has 0 unspecified atom stereocenters. The summed E-state index contributed by atoms with van der Waals surface area (Å²) in [6.45, 7) is 7.37. The van der Waals surface area contributed by atoms with Crippen LogP contribution in [0.25, 0.3) is 11.5 Å². The zero-order chi connectivity index (χ0) is 30.6. The zero-order valence-corrected chi connectivity index (χ0v) is 25.3. The average Bonchev–Trinajstić information content (AvgIpc) is 3.66. The van der Waals surface area contributed by atoms with Crippen LogP contribution in [0.4, 0.5) is 4.39 Å². The highest BCUT2D eigenvalue weighted by Crippen LogP contribution is 2.50. The first-order valence-electron chi connectivity index (χ1n) is 14.9. The van der Waals surface area contributed by atoms with E-state index < -0.39 is 17.6 Å². The number of nitrogens with zero attached hydrogens (tertiary/aromatic N) is 3. The van der Waals surface area contributed by atoms with Crippen molar-refractivity contribution in [1.82, 2.24) is 14.5 Å². The molecule has 3 aliphatic rings. The summed E-state index contributed by atoms with van der Waals surface area (Å²) in [7, 11) is 0. The number of carboxylic acids is 1. The molecule has 0 radical (unpaired) electrons. The van der Waals surface area contributed by atoms with Crippen LogP contribution >= 0.6 is 11.6 Å². The Morgan fingerprint density at radius 2 is 1.93 bits per heavy atom. The molecule has 230 valence electrons. The minimum absolute atomic E-state index is 0.0927. The minimum atomic E-state index is -1.29. The molecule has 44 heavy (non-hydrogen) atoms. The van der Waals surface area contributed by atoms with Gasteiger partial charge in [-0.25, -0.2) is 14.2 Å². The van der Waals surface area contributed by atoms with Crippen LogP contribution in [0.1, 0.15) is 65.3 Å². The van der Waals surface area contributed by atoms with E-state index in [2.05, 4.69) is 15.5 Å². The Kier molecular flexibility index (Phi) is 7.39. The number of hydrogen-bond donors (Lipinski definition) is 1. The van der Waals surface area contributed by atoms with Gasteiger partial charge in [0.05, 0.1) is 30.5 Å². The van der Waals surface area contributed by atoms with Crippen LogP contribution in [0.3, 0.4) is 0 Å². The molecule has 2 saturated heterocycles. The van der Waals surface area contributed by atoms with Crippen molar-refractivity contribution in [2.45, 2.75) is 64.0 Å². The lowest BCUT2D eigenvalue weighted by molar-refractivity contribution is -0.0712. The largest absolute Gasteiger partial charge is 0.475 e. The van der Waals surface area contributed by atoms with Crippen molar-refractivity contribution >= 4 is 17.6 Å². The zero-order valence-electron chi connectivity index (χ0n) is 24.5. The van der Waals surface area contributed by atoms with Gasteiger partial charge in [-0.1, -0.05) is 23.7 Å². The van der Waals surface area contributed by atoms with E-state index in [9.17, 15) is 14.3 Å². The predicted octanol–water partition coefficient (Wildman–Crippen LogP) is 6.75. The number of fused-ring (bicyclic) bond motifs is 1. The third-order valence-electron chi connectivity index (χ3n) is 8.87. The first kappa shape index (κ1) is 28.9. The highest BCUT2D eigenvalue weighted by atomic mass is 35.5. The maximum Gasteiger partial charge on any atom is 0.371 e. The fourth-order valence-corrected chi connectivity index (χ4v) is 6.67. The summed E-state index contributed by atoms with van der Waals surface area (Å²) in [4.78, 5) is 18.8. The Bertz CT molecular complexity index is 1720. The molecule has 0 saturated carbocycles. The number of halogens is 2. The summed E-state index contributed by atoms with van der Waals surface area (Å²) in [6.07, 6.45) is 2.88. The molecule has 0 aliphatic carbocycles. The first-order chi connectivity index (χ1) is 21.2. The number of rotatable bonds is 8. The van der Waals surface area contributed by atoms with E-state index in [1.54, 1.807) is 25.1 Å². The molecule has 2 aromatic heterocycles. The molecule has 0 amide bonds. The number of aryl methyl sites for hydroxylation is 1. The second-order valence-corrected chi connectivity index (χ2v) is 12.3. The third-order valence-corrected chi connectivity index (χ3v) is 9.11. The summed E-state index contributed by atoms with van der Waals surface area (Å²) in [5.41, 5.74) is 2.94. The Hall–Kier alpha value is -3.86. The van der Waals surface area contributed by atoms with Gasteiger partial charge in [-0.15, -0.1) is 0 Å². The molecule has 0 bridgehead atoms. The average molecular weight is 622 g/mol. The van der Waals surface area contributed by atoms with Crippen LogP contribution in [0.15, 0.2) is 52.9 Å². The number of likely N-dealkylation sites (tertiary alicyclic amines) is 1. The molecule has 5 heterocycles. The highest BCUT2D eigenvalue weighted by molar-refractivity contribution is 6.30. The van der Waals surface area contributed by atoms with E-state index in [-0.39, 0.29) is 17.8 Å². The number of hydrogen-bond acceptors (Lipinski definition) is 7. The fraction of sp³-hybridized carbons (Fsp3) is 0.394. The number of carbonyl (C=O) groups is 1. The number of piperidine rings is 1. The number of carboxylic acid groups (broad SMARTS) is 1. The summed E-state index contributed by atoms with van der Waals surface area (Å²) >= 11 is 5.98. The molecular formula is C33H33ClFN3O6. The van der Waals surface area contributed by atoms with Crippen molar-refractivity contribution in [3.05, 3.63) is 87.8 Å². The maximum atomic E-state index is 14.8. The van der Waals surface area contributed by atoms with Crippen molar-refractivity contribution in [3.8, 4) is 23.0 Å². The van der Waals surface area contributed by atoms with Gasteiger partial charge in [0.1, 0.15) is 17.3 Å². The monoisotopic (exact) mass is 621 g/mol. The summed E-state index contributed by atoms with van der Waals surface area (Å²) in [5.74, 6) is -0.0568. The van der Waals surface area contributed by atoms with Gasteiger partial charge < -0.3 is 28.3 Å². The molecule has 2 fully saturated rings. The van der Waals surface area contributed by atoms with Gasteiger partial charge in [-0.05, 0) is 81.6 Å². The lowest BCUT2D eigenvalue weighted by Crippen LogP contribution is -2.35. The first-order valence-corrected chi connectivity index (χ1v) is 15.3. The molecule has 2 atom stereocenters. The quantitative estimate of drug-likeness (QED) is 0.231. The molecule has 11 heteroatoms. The standard InChI is InChI=1S/C33H33ClFN3O6/c1-19-30(26-8-9-28(42-26)32(39)40)38(17-22-12-15-41-22)29(36-19)18-37-13-10-20(11-14-37)23-4-3-5-27-31(23)44-33(2,43-27)24-7-6-21(34)16-25(24)35/h3-9,16,20,22H,10-15,17-18H2,1-2H3,(H,39,40)/t22-,33-/m0/s1. The number of furan rings is 1. The van der Waals surface area contributed by atoms with Crippen molar-refractivity contribution in [2.75, 3.05) is 19.7 Å². The van der Waals surface area contributed by atoms with E-state index in [1.165, 1.54) is 12.1 Å². The number of ether oxygens (including phenoxy) is 3.